The quantitative estimate of drug-likeness (QED) is 0.647. The van der Waals surface area contributed by atoms with Crippen molar-refractivity contribution in [1.29, 1.82) is 0 Å². The maximum Gasteiger partial charge on any atom is 0.339 e. The SMILES string of the molecule is COC(=O)c1ccccc1Nc1ncc(C(=O)NCc2ccncc2)cn1. The number of anilines is 2. The summed E-state index contributed by atoms with van der Waals surface area (Å²) in [5, 5.41) is 5.74. The summed E-state index contributed by atoms with van der Waals surface area (Å²) >= 11 is 0. The molecule has 0 saturated heterocycles. The van der Waals surface area contributed by atoms with E-state index in [1.54, 1.807) is 36.7 Å². The topological polar surface area (TPSA) is 106 Å². The van der Waals surface area contributed by atoms with Crippen molar-refractivity contribution in [2.75, 3.05) is 12.4 Å². The molecule has 8 heteroatoms. The van der Waals surface area contributed by atoms with Crippen molar-refractivity contribution < 1.29 is 14.3 Å². The molecule has 3 rings (SSSR count). The number of esters is 1. The van der Waals surface area contributed by atoms with Gasteiger partial charge < -0.3 is 15.4 Å². The van der Waals surface area contributed by atoms with E-state index in [2.05, 4.69) is 25.6 Å². The van der Waals surface area contributed by atoms with Crippen LogP contribution in [-0.2, 0) is 11.3 Å². The molecule has 0 aliphatic heterocycles. The second kappa shape index (κ2) is 8.52. The minimum atomic E-state index is -0.467. The molecule has 2 aromatic heterocycles. The maximum atomic E-state index is 12.2. The number of hydrogen-bond donors (Lipinski definition) is 2. The van der Waals surface area contributed by atoms with E-state index in [0.717, 1.165) is 5.56 Å². The molecular formula is C19H17N5O3. The van der Waals surface area contributed by atoms with Crippen molar-refractivity contribution in [3.05, 3.63) is 77.9 Å². The summed E-state index contributed by atoms with van der Waals surface area (Å²) in [5.74, 6) is -0.490. The Labute approximate surface area is 155 Å². The molecule has 3 aromatic rings. The molecule has 0 spiro atoms. The smallest absolute Gasteiger partial charge is 0.339 e. The van der Waals surface area contributed by atoms with Crippen LogP contribution in [0.25, 0.3) is 0 Å². The van der Waals surface area contributed by atoms with Crippen molar-refractivity contribution in [2.45, 2.75) is 6.54 Å². The molecule has 0 atom stereocenters. The first-order valence-corrected chi connectivity index (χ1v) is 8.11. The second-order valence-electron chi connectivity index (χ2n) is 5.50. The van der Waals surface area contributed by atoms with Crippen LogP contribution >= 0.6 is 0 Å². The lowest BCUT2D eigenvalue weighted by molar-refractivity contribution is 0.0601. The number of nitrogens with one attached hydrogen (secondary N) is 2. The van der Waals surface area contributed by atoms with Crippen molar-refractivity contribution in [3.8, 4) is 0 Å². The average Bonchev–Trinajstić information content (AvgIpc) is 2.73. The Hall–Kier alpha value is -3.81. The first kappa shape index (κ1) is 18.0. The Morgan fingerprint density at radius 1 is 1.04 bits per heavy atom. The number of hydrogen-bond acceptors (Lipinski definition) is 7. The molecule has 136 valence electrons. The van der Waals surface area contributed by atoms with Gasteiger partial charge in [-0.05, 0) is 29.8 Å². The largest absolute Gasteiger partial charge is 0.465 e. The minimum Gasteiger partial charge on any atom is -0.465 e. The van der Waals surface area contributed by atoms with Crippen LogP contribution in [0.15, 0.2) is 61.2 Å². The number of carbonyl (C=O) groups is 2. The van der Waals surface area contributed by atoms with Gasteiger partial charge in [0.15, 0.2) is 0 Å². The Bertz CT molecular complexity index is 930. The number of para-hydroxylation sites is 1. The summed E-state index contributed by atoms with van der Waals surface area (Å²) in [5.41, 5.74) is 2.15. The van der Waals surface area contributed by atoms with Crippen molar-refractivity contribution in [3.63, 3.8) is 0 Å². The number of benzene rings is 1. The van der Waals surface area contributed by atoms with Crippen LogP contribution in [0.5, 0.6) is 0 Å². The summed E-state index contributed by atoms with van der Waals surface area (Å²) in [6.07, 6.45) is 6.16. The van der Waals surface area contributed by atoms with E-state index in [1.807, 2.05) is 12.1 Å². The second-order valence-corrected chi connectivity index (χ2v) is 5.50. The molecule has 0 bridgehead atoms. The predicted molar refractivity (Wildman–Crippen MR) is 98.5 cm³/mol. The lowest BCUT2D eigenvalue weighted by atomic mass is 10.2. The molecule has 0 fully saturated rings. The summed E-state index contributed by atoms with van der Waals surface area (Å²) < 4.78 is 4.75. The monoisotopic (exact) mass is 363 g/mol. The van der Waals surface area contributed by atoms with Gasteiger partial charge in [0, 0.05) is 31.3 Å². The number of ether oxygens (including phenoxy) is 1. The van der Waals surface area contributed by atoms with Gasteiger partial charge >= 0.3 is 5.97 Å². The van der Waals surface area contributed by atoms with E-state index in [4.69, 9.17) is 4.74 Å². The highest BCUT2D eigenvalue weighted by Crippen LogP contribution is 2.19. The van der Waals surface area contributed by atoms with Gasteiger partial charge in [-0.2, -0.15) is 0 Å². The third-order valence-corrected chi connectivity index (χ3v) is 3.70. The van der Waals surface area contributed by atoms with Gasteiger partial charge in [0.2, 0.25) is 5.95 Å². The van der Waals surface area contributed by atoms with Gasteiger partial charge in [-0.25, -0.2) is 14.8 Å². The van der Waals surface area contributed by atoms with Gasteiger partial charge in [0.1, 0.15) is 0 Å². The molecule has 0 aliphatic carbocycles. The van der Waals surface area contributed by atoms with Gasteiger partial charge in [0.25, 0.3) is 5.91 Å². The van der Waals surface area contributed by atoms with Crippen molar-refractivity contribution in [2.24, 2.45) is 0 Å². The Morgan fingerprint density at radius 2 is 1.74 bits per heavy atom. The maximum absolute atomic E-state index is 12.2. The van der Waals surface area contributed by atoms with E-state index >= 15 is 0 Å². The van der Waals surface area contributed by atoms with Crippen LogP contribution < -0.4 is 10.6 Å². The van der Waals surface area contributed by atoms with Crippen LogP contribution in [0.3, 0.4) is 0 Å². The highest BCUT2D eigenvalue weighted by atomic mass is 16.5. The molecule has 2 N–H and O–H groups in total. The molecule has 1 amide bonds. The van der Waals surface area contributed by atoms with E-state index in [-0.39, 0.29) is 11.9 Å². The van der Waals surface area contributed by atoms with Crippen LogP contribution in [0.2, 0.25) is 0 Å². The number of nitrogens with zero attached hydrogens (tertiary/aromatic N) is 3. The Balaban J connectivity index is 1.65. The molecule has 0 aliphatic rings. The van der Waals surface area contributed by atoms with Crippen LogP contribution in [0, 0.1) is 0 Å². The van der Waals surface area contributed by atoms with E-state index in [1.165, 1.54) is 19.5 Å². The summed E-state index contributed by atoms with van der Waals surface area (Å²) in [6.45, 7) is 0.383. The predicted octanol–water partition coefficient (Wildman–Crippen LogP) is 2.33. The number of methoxy groups -OCH3 is 1. The molecule has 2 heterocycles. The minimum absolute atomic E-state index is 0.261. The van der Waals surface area contributed by atoms with Gasteiger partial charge in [-0.1, -0.05) is 12.1 Å². The zero-order chi connectivity index (χ0) is 19.1. The third-order valence-electron chi connectivity index (χ3n) is 3.70. The zero-order valence-electron chi connectivity index (χ0n) is 14.5. The Kier molecular flexibility index (Phi) is 5.68. The fourth-order valence-electron chi connectivity index (χ4n) is 2.30. The van der Waals surface area contributed by atoms with Gasteiger partial charge in [0.05, 0.1) is 23.9 Å². The van der Waals surface area contributed by atoms with E-state index in [0.29, 0.717) is 23.4 Å². The highest BCUT2D eigenvalue weighted by Gasteiger charge is 2.12. The first-order chi connectivity index (χ1) is 13.2. The summed E-state index contributed by atoms with van der Waals surface area (Å²) in [6, 6.07) is 10.5. The van der Waals surface area contributed by atoms with E-state index < -0.39 is 5.97 Å². The fourth-order valence-corrected chi connectivity index (χ4v) is 2.30. The summed E-state index contributed by atoms with van der Waals surface area (Å²) in [4.78, 5) is 36.2. The zero-order valence-corrected chi connectivity index (χ0v) is 14.5. The van der Waals surface area contributed by atoms with Crippen LogP contribution in [-0.4, -0.2) is 33.9 Å². The van der Waals surface area contributed by atoms with Crippen molar-refractivity contribution >= 4 is 23.5 Å². The van der Waals surface area contributed by atoms with Gasteiger partial charge in [-0.15, -0.1) is 0 Å². The standard InChI is InChI=1S/C19H17N5O3/c1-27-18(26)15-4-2-3-5-16(15)24-19-22-11-14(12-23-19)17(25)21-10-13-6-8-20-9-7-13/h2-9,11-12H,10H2,1H3,(H,21,25)(H,22,23,24). The number of amides is 1. The number of rotatable bonds is 6. The molecule has 1 aromatic carbocycles. The van der Waals surface area contributed by atoms with Crippen molar-refractivity contribution in [1.82, 2.24) is 20.3 Å². The molecule has 0 unspecified atom stereocenters. The molecule has 8 nitrogen and oxygen atoms in total. The number of carbonyl (C=O) groups excluding carboxylic acids is 2. The van der Waals surface area contributed by atoms with Crippen LogP contribution in [0.4, 0.5) is 11.6 Å². The van der Waals surface area contributed by atoms with Crippen LogP contribution in [0.1, 0.15) is 26.3 Å². The molecular weight excluding hydrogens is 346 g/mol. The highest BCUT2D eigenvalue weighted by molar-refractivity contribution is 5.96. The molecule has 27 heavy (non-hydrogen) atoms. The lowest BCUT2D eigenvalue weighted by Gasteiger charge is -2.09. The van der Waals surface area contributed by atoms with Gasteiger partial charge in [-0.3, -0.25) is 9.78 Å². The number of aromatic nitrogens is 3. The third kappa shape index (κ3) is 4.63. The fraction of sp³-hybridized carbons (Fsp3) is 0.105. The van der Waals surface area contributed by atoms with E-state index in [9.17, 15) is 9.59 Å². The normalized spacial score (nSPS) is 10.1. The first-order valence-electron chi connectivity index (χ1n) is 8.11. The molecule has 0 saturated carbocycles. The summed E-state index contributed by atoms with van der Waals surface area (Å²) in [7, 11) is 1.31. The Morgan fingerprint density at radius 3 is 2.44 bits per heavy atom. The average molecular weight is 363 g/mol. The number of pyridine rings is 1. The lowest BCUT2D eigenvalue weighted by Crippen LogP contribution is -2.23. The molecule has 0 radical (unpaired) electrons.